The molecular formula is C22H24N4O. The first-order valence-electron chi connectivity index (χ1n) is 9.69. The van der Waals surface area contributed by atoms with Crippen LogP contribution in [0.2, 0.25) is 0 Å². The third-order valence-corrected chi connectivity index (χ3v) is 4.89. The average Bonchev–Trinajstić information content (AvgIpc) is 2.73. The molecule has 138 valence electrons. The van der Waals surface area contributed by atoms with Gasteiger partial charge < -0.3 is 4.74 Å². The number of aryl methyl sites for hydroxylation is 2. The van der Waals surface area contributed by atoms with Crippen molar-refractivity contribution in [2.75, 3.05) is 0 Å². The molecule has 0 bridgehead atoms. The van der Waals surface area contributed by atoms with Gasteiger partial charge in [-0.05, 0) is 55.4 Å². The summed E-state index contributed by atoms with van der Waals surface area (Å²) in [6.07, 6.45) is 11.8. The maximum atomic E-state index is 6.04. The molecule has 0 saturated heterocycles. The van der Waals surface area contributed by atoms with Crippen LogP contribution in [0.3, 0.4) is 0 Å². The zero-order valence-corrected chi connectivity index (χ0v) is 15.7. The molecule has 1 aliphatic rings. The van der Waals surface area contributed by atoms with Gasteiger partial charge in [0.1, 0.15) is 12.9 Å². The van der Waals surface area contributed by atoms with Crippen LogP contribution in [0.1, 0.15) is 48.8 Å². The van der Waals surface area contributed by atoms with Gasteiger partial charge in [-0.3, -0.25) is 4.98 Å². The van der Waals surface area contributed by atoms with Gasteiger partial charge in [0.15, 0.2) is 0 Å². The molecule has 0 saturated carbocycles. The summed E-state index contributed by atoms with van der Waals surface area (Å²) in [7, 11) is 0. The van der Waals surface area contributed by atoms with Gasteiger partial charge in [0.05, 0.1) is 5.69 Å². The average molecular weight is 360 g/mol. The van der Waals surface area contributed by atoms with E-state index in [4.69, 9.17) is 9.72 Å². The van der Waals surface area contributed by atoms with E-state index in [1.807, 2.05) is 30.6 Å². The van der Waals surface area contributed by atoms with E-state index in [-0.39, 0.29) is 0 Å². The summed E-state index contributed by atoms with van der Waals surface area (Å²) in [5.74, 6) is 0.650. The molecule has 1 aliphatic carbocycles. The van der Waals surface area contributed by atoms with E-state index in [0.717, 1.165) is 53.9 Å². The molecule has 0 amide bonds. The summed E-state index contributed by atoms with van der Waals surface area (Å²) in [6.45, 7) is 2.59. The maximum Gasteiger partial charge on any atom is 0.214 e. The molecule has 0 aliphatic heterocycles. The Morgan fingerprint density at radius 1 is 1.00 bits per heavy atom. The summed E-state index contributed by atoms with van der Waals surface area (Å²) < 4.78 is 6.04. The molecule has 27 heavy (non-hydrogen) atoms. The summed E-state index contributed by atoms with van der Waals surface area (Å²) in [5, 5.41) is 0. The van der Waals surface area contributed by atoms with Crippen LogP contribution in [0.25, 0.3) is 11.1 Å². The number of hydrogen-bond donors (Lipinski definition) is 0. The van der Waals surface area contributed by atoms with Gasteiger partial charge in [0.25, 0.3) is 0 Å². The number of pyridine rings is 2. The second-order valence-electron chi connectivity index (χ2n) is 6.93. The van der Waals surface area contributed by atoms with E-state index in [1.54, 1.807) is 6.33 Å². The molecule has 4 rings (SSSR count). The van der Waals surface area contributed by atoms with Crippen molar-refractivity contribution >= 4 is 0 Å². The fourth-order valence-electron chi connectivity index (χ4n) is 3.60. The van der Waals surface area contributed by atoms with E-state index in [2.05, 4.69) is 27.9 Å². The Balaban J connectivity index is 1.61. The Hall–Kier alpha value is -2.82. The standard InChI is InChI=1S/C22H24N4O/c1-2-6-17-7-5-8-18(25-17)14-27-22-11-20(16-12-23-15-24-13-16)19-9-3-4-10-21(19)26-22/h5,7-8,11-13,15H,2-4,6,9-10,14H2,1H3. The Morgan fingerprint density at radius 3 is 2.67 bits per heavy atom. The lowest BCUT2D eigenvalue weighted by atomic mass is 9.90. The van der Waals surface area contributed by atoms with Crippen LogP contribution in [-0.2, 0) is 25.9 Å². The highest BCUT2D eigenvalue weighted by molar-refractivity contribution is 5.68. The molecule has 3 heterocycles. The zero-order chi connectivity index (χ0) is 18.5. The number of rotatable bonds is 6. The van der Waals surface area contributed by atoms with Crippen molar-refractivity contribution in [2.45, 2.75) is 52.1 Å². The molecule has 3 aromatic heterocycles. The highest BCUT2D eigenvalue weighted by Crippen LogP contribution is 2.33. The smallest absolute Gasteiger partial charge is 0.214 e. The van der Waals surface area contributed by atoms with Crippen molar-refractivity contribution in [3.8, 4) is 17.0 Å². The van der Waals surface area contributed by atoms with E-state index in [9.17, 15) is 0 Å². The van der Waals surface area contributed by atoms with Crippen molar-refractivity contribution in [2.24, 2.45) is 0 Å². The summed E-state index contributed by atoms with van der Waals surface area (Å²) in [5.41, 5.74) is 6.66. The topological polar surface area (TPSA) is 60.8 Å². The van der Waals surface area contributed by atoms with Gasteiger partial charge in [-0.2, -0.15) is 0 Å². The zero-order valence-electron chi connectivity index (χ0n) is 15.7. The molecular weight excluding hydrogens is 336 g/mol. The van der Waals surface area contributed by atoms with E-state index >= 15 is 0 Å². The summed E-state index contributed by atoms with van der Waals surface area (Å²) in [4.78, 5) is 17.8. The lowest BCUT2D eigenvalue weighted by Crippen LogP contribution is -2.10. The highest BCUT2D eigenvalue weighted by Gasteiger charge is 2.18. The molecule has 0 aromatic carbocycles. The van der Waals surface area contributed by atoms with Crippen molar-refractivity contribution in [3.63, 3.8) is 0 Å². The third-order valence-electron chi connectivity index (χ3n) is 4.89. The van der Waals surface area contributed by atoms with Crippen molar-refractivity contribution in [1.29, 1.82) is 0 Å². The minimum atomic E-state index is 0.425. The van der Waals surface area contributed by atoms with Gasteiger partial charge in [-0.25, -0.2) is 15.0 Å². The fourth-order valence-corrected chi connectivity index (χ4v) is 3.60. The van der Waals surface area contributed by atoms with Crippen LogP contribution in [0, 0.1) is 0 Å². The first kappa shape index (κ1) is 17.6. The molecule has 5 heteroatoms. The Kier molecular flexibility index (Phi) is 5.37. The van der Waals surface area contributed by atoms with Gasteiger partial charge in [-0.1, -0.05) is 19.4 Å². The van der Waals surface area contributed by atoms with Crippen LogP contribution >= 0.6 is 0 Å². The molecule has 0 spiro atoms. The SMILES string of the molecule is CCCc1cccc(COc2cc(-c3cncnc3)c3c(n2)CCCC3)n1. The van der Waals surface area contributed by atoms with E-state index in [1.165, 1.54) is 18.4 Å². The second-order valence-corrected chi connectivity index (χ2v) is 6.93. The van der Waals surface area contributed by atoms with Crippen LogP contribution in [-0.4, -0.2) is 19.9 Å². The van der Waals surface area contributed by atoms with Gasteiger partial charge in [0.2, 0.25) is 5.88 Å². The molecule has 0 radical (unpaired) electrons. The van der Waals surface area contributed by atoms with Gasteiger partial charge in [-0.15, -0.1) is 0 Å². The molecule has 3 aromatic rings. The third kappa shape index (κ3) is 4.13. The maximum absolute atomic E-state index is 6.04. The monoisotopic (exact) mass is 360 g/mol. The first-order chi connectivity index (χ1) is 13.3. The number of aromatic nitrogens is 4. The number of nitrogens with zero attached hydrogens (tertiary/aromatic N) is 4. The van der Waals surface area contributed by atoms with Crippen LogP contribution in [0.5, 0.6) is 5.88 Å². The Bertz CT molecular complexity index is 911. The normalized spacial score (nSPS) is 13.2. The predicted molar refractivity (Wildman–Crippen MR) is 104 cm³/mol. The molecule has 0 unspecified atom stereocenters. The Morgan fingerprint density at radius 2 is 1.81 bits per heavy atom. The van der Waals surface area contributed by atoms with E-state index < -0.39 is 0 Å². The lowest BCUT2D eigenvalue weighted by Gasteiger charge is -2.20. The van der Waals surface area contributed by atoms with Gasteiger partial charge in [0, 0.05) is 35.4 Å². The summed E-state index contributed by atoms with van der Waals surface area (Å²) >= 11 is 0. The molecule has 0 fully saturated rings. The van der Waals surface area contributed by atoms with Crippen molar-refractivity contribution < 1.29 is 4.74 Å². The summed E-state index contributed by atoms with van der Waals surface area (Å²) in [6, 6.07) is 8.14. The number of hydrogen-bond acceptors (Lipinski definition) is 5. The molecule has 5 nitrogen and oxygen atoms in total. The second kappa shape index (κ2) is 8.25. The lowest BCUT2D eigenvalue weighted by molar-refractivity contribution is 0.287. The van der Waals surface area contributed by atoms with E-state index in [0.29, 0.717) is 12.5 Å². The minimum Gasteiger partial charge on any atom is -0.471 e. The molecule has 0 atom stereocenters. The Labute approximate surface area is 159 Å². The van der Waals surface area contributed by atoms with Crippen molar-refractivity contribution in [1.82, 2.24) is 19.9 Å². The number of ether oxygens (including phenoxy) is 1. The van der Waals surface area contributed by atoms with Crippen molar-refractivity contribution in [3.05, 3.63) is 65.6 Å². The fraction of sp³-hybridized carbons (Fsp3) is 0.364. The highest BCUT2D eigenvalue weighted by atomic mass is 16.5. The quantitative estimate of drug-likeness (QED) is 0.654. The molecule has 0 N–H and O–H groups in total. The van der Waals surface area contributed by atoms with Crippen LogP contribution in [0.15, 0.2) is 43.0 Å². The van der Waals surface area contributed by atoms with Crippen LogP contribution in [0.4, 0.5) is 0 Å². The van der Waals surface area contributed by atoms with Crippen LogP contribution < -0.4 is 4.74 Å². The van der Waals surface area contributed by atoms with Gasteiger partial charge >= 0.3 is 0 Å². The first-order valence-corrected chi connectivity index (χ1v) is 9.69. The minimum absolute atomic E-state index is 0.425. The largest absolute Gasteiger partial charge is 0.471 e. The number of fused-ring (bicyclic) bond motifs is 1. The predicted octanol–water partition coefficient (Wildman–Crippen LogP) is 4.34.